The number of nitrogens with one attached hydrogen (secondary N) is 2. The Morgan fingerprint density at radius 1 is 1.09 bits per heavy atom. The highest BCUT2D eigenvalue weighted by atomic mass is 16.5. The summed E-state index contributed by atoms with van der Waals surface area (Å²) in [7, 11) is 3.14. The molecule has 0 unspecified atom stereocenters. The molecule has 9 nitrogen and oxygen atoms in total. The maximum atomic E-state index is 12.8. The van der Waals surface area contributed by atoms with E-state index in [0.717, 1.165) is 12.0 Å². The third kappa shape index (κ3) is 6.07. The Morgan fingerprint density at radius 3 is 2.69 bits per heavy atom. The molecule has 0 spiro atoms. The number of nitrogens with zero attached hydrogens (tertiary/aromatic N) is 2. The molecule has 0 radical (unpaired) electrons. The van der Waals surface area contributed by atoms with E-state index in [1.807, 2.05) is 12.1 Å². The zero-order valence-corrected chi connectivity index (χ0v) is 20.9. The lowest BCUT2D eigenvalue weighted by atomic mass is 9.83. The van der Waals surface area contributed by atoms with Gasteiger partial charge in [0.05, 0.1) is 14.2 Å². The average Bonchev–Trinajstić information content (AvgIpc) is 3.16. The van der Waals surface area contributed by atoms with E-state index in [1.165, 1.54) is 43.7 Å². The molecule has 192 valence electrons. The van der Waals surface area contributed by atoms with Gasteiger partial charge in [-0.2, -0.15) is 0 Å². The maximum Gasteiger partial charge on any atom is 0.324 e. The van der Waals surface area contributed by atoms with Gasteiger partial charge in [0.1, 0.15) is 6.04 Å². The van der Waals surface area contributed by atoms with E-state index >= 15 is 0 Å². The van der Waals surface area contributed by atoms with Crippen LogP contribution in [0.4, 0.5) is 4.79 Å². The number of fused-ring (bicyclic) bond motifs is 1. The fourth-order valence-corrected chi connectivity index (χ4v) is 5.69. The van der Waals surface area contributed by atoms with Gasteiger partial charge in [-0.3, -0.25) is 14.5 Å². The number of imide groups is 1. The molecule has 1 aromatic carbocycles. The van der Waals surface area contributed by atoms with Crippen LogP contribution in [0.1, 0.15) is 50.5 Å². The molecule has 3 aliphatic heterocycles. The molecule has 0 aromatic heterocycles. The second-order valence-corrected chi connectivity index (χ2v) is 9.78. The van der Waals surface area contributed by atoms with Crippen LogP contribution in [-0.4, -0.2) is 80.1 Å². The number of rotatable bonds is 10. The first-order valence-electron chi connectivity index (χ1n) is 12.8. The third-order valence-electron chi connectivity index (χ3n) is 7.63. The standard InChI is InChI=1S/C26H38N4O5/c1-34-22-10-8-18(16-23(22)35-2)12-15-30-25(32)20(28-26(30)33)9-11-24(31)27-17-19-6-5-14-29-13-4-3-7-21(19)29/h8,10,16,19-21H,3-7,9,11-15,17H2,1-2H3,(H,27,31)(H,28,33)/t19-,20+,21-/m1/s1. The molecule has 4 rings (SSSR count). The van der Waals surface area contributed by atoms with Crippen molar-refractivity contribution in [2.45, 2.75) is 63.5 Å². The van der Waals surface area contributed by atoms with E-state index < -0.39 is 12.1 Å². The Kier molecular flexibility index (Phi) is 8.49. The van der Waals surface area contributed by atoms with Crippen molar-refractivity contribution in [1.29, 1.82) is 0 Å². The molecular formula is C26H38N4O5. The molecule has 0 aliphatic carbocycles. The number of carbonyl (C=O) groups is 3. The normalized spacial score (nSPS) is 24.6. The molecule has 2 N–H and O–H groups in total. The molecule has 35 heavy (non-hydrogen) atoms. The molecule has 3 aliphatic rings. The van der Waals surface area contributed by atoms with Crippen molar-refractivity contribution in [3.63, 3.8) is 0 Å². The van der Waals surface area contributed by atoms with E-state index in [0.29, 0.717) is 42.8 Å². The lowest BCUT2D eigenvalue weighted by Crippen LogP contribution is -2.51. The van der Waals surface area contributed by atoms with Crippen LogP contribution in [0.5, 0.6) is 11.5 Å². The molecule has 1 aromatic rings. The zero-order chi connectivity index (χ0) is 24.8. The largest absolute Gasteiger partial charge is 0.493 e. The summed E-state index contributed by atoms with van der Waals surface area (Å²) >= 11 is 0. The van der Waals surface area contributed by atoms with Gasteiger partial charge in [-0.25, -0.2) is 4.79 Å². The van der Waals surface area contributed by atoms with Crippen LogP contribution in [0.2, 0.25) is 0 Å². The average molecular weight is 487 g/mol. The first-order valence-corrected chi connectivity index (χ1v) is 12.8. The number of hydrogen-bond acceptors (Lipinski definition) is 6. The predicted molar refractivity (Wildman–Crippen MR) is 131 cm³/mol. The van der Waals surface area contributed by atoms with E-state index in [9.17, 15) is 14.4 Å². The van der Waals surface area contributed by atoms with Crippen molar-refractivity contribution in [1.82, 2.24) is 20.4 Å². The number of piperidine rings is 2. The summed E-state index contributed by atoms with van der Waals surface area (Å²) in [5.74, 6) is 1.42. The number of ether oxygens (including phenoxy) is 2. The summed E-state index contributed by atoms with van der Waals surface area (Å²) in [5, 5.41) is 5.82. The summed E-state index contributed by atoms with van der Waals surface area (Å²) in [6.45, 7) is 3.33. The number of benzene rings is 1. The third-order valence-corrected chi connectivity index (χ3v) is 7.63. The SMILES string of the molecule is COc1ccc(CCN2C(=O)N[C@@H](CCC(=O)NC[C@H]3CCCN4CCCC[C@H]34)C2=O)cc1OC. The highest BCUT2D eigenvalue weighted by Gasteiger charge is 2.38. The van der Waals surface area contributed by atoms with Crippen molar-refractivity contribution in [2.24, 2.45) is 5.92 Å². The number of urea groups is 1. The Balaban J connectivity index is 1.21. The zero-order valence-electron chi connectivity index (χ0n) is 20.9. The Hall–Kier alpha value is -2.81. The van der Waals surface area contributed by atoms with Crippen LogP contribution in [0, 0.1) is 5.92 Å². The van der Waals surface area contributed by atoms with Crippen LogP contribution in [0.15, 0.2) is 18.2 Å². The molecule has 3 heterocycles. The number of carbonyl (C=O) groups excluding carboxylic acids is 3. The van der Waals surface area contributed by atoms with Gasteiger partial charge in [0, 0.05) is 25.6 Å². The molecular weight excluding hydrogens is 448 g/mol. The summed E-state index contributed by atoms with van der Waals surface area (Å²) < 4.78 is 10.6. The fourth-order valence-electron chi connectivity index (χ4n) is 5.69. The van der Waals surface area contributed by atoms with Crippen LogP contribution in [-0.2, 0) is 16.0 Å². The number of methoxy groups -OCH3 is 2. The summed E-state index contributed by atoms with van der Waals surface area (Å²) in [5.41, 5.74) is 0.935. The van der Waals surface area contributed by atoms with Gasteiger partial charge in [-0.1, -0.05) is 12.5 Å². The highest BCUT2D eigenvalue weighted by Crippen LogP contribution is 2.30. The summed E-state index contributed by atoms with van der Waals surface area (Å²) in [4.78, 5) is 41.5. The number of hydrogen-bond donors (Lipinski definition) is 2. The topological polar surface area (TPSA) is 100 Å². The van der Waals surface area contributed by atoms with E-state index in [1.54, 1.807) is 20.3 Å². The molecule has 4 amide bonds. The smallest absolute Gasteiger partial charge is 0.324 e. The predicted octanol–water partition coefficient (Wildman–Crippen LogP) is 2.33. The first kappa shape index (κ1) is 25.3. The monoisotopic (exact) mass is 486 g/mol. The van der Waals surface area contributed by atoms with Crippen LogP contribution < -0.4 is 20.1 Å². The van der Waals surface area contributed by atoms with Crippen LogP contribution in [0.25, 0.3) is 0 Å². The minimum Gasteiger partial charge on any atom is -0.493 e. The minimum absolute atomic E-state index is 0.0521. The lowest BCUT2D eigenvalue weighted by molar-refractivity contribution is -0.127. The van der Waals surface area contributed by atoms with Crippen LogP contribution >= 0.6 is 0 Å². The molecule has 9 heteroatoms. The Labute approximate surface area is 207 Å². The van der Waals surface area contributed by atoms with Gasteiger partial charge in [0.2, 0.25) is 5.91 Å². The Morgan fingerprint density at radius 2 is 1.89 bits per heavy atom. The summed E-state index contributed by atoms with van der Waals surface area (Å²) in [6, 6.07) is 5.08. The molecule has 0 bridgehead atoms. The summed E-state index contributed by atoms with van der Waals surface area (Å²) in [6.07, 6.45) is 7.17. The van der Waals surface area contributed by atoms with E-state index in [2.05, 4.69) is 15.5 Å². The van der Waals surface area contributed by atoms with Gasteiger partial charge in [0.15, 0.2) is 11.5 Å². The second kappa shape index (κ2) is 11.7. The maximum absolute atomic E-state index is 12.8. The minimum atomic E-state index is -0.651. The van der Waals surface area contributed by atoms with E-state index in [-0.39, 0.29) is 24.8 Å². The van der Waals surface area contributed by atoms with Crippen molar-refractivity contribution in [3.05, 3.63) is 23.8 Å². The van der Waals surface area contributed by atoms with Gasteiger partial charge in [-0.15, -0.1) is 0 Å². The van der Waals surface area contributed by atoms with Crippen molar-refractivity contribution in [2.75, 3.05) is 40.4 Å². The highest BCUT2D eigenvalue weighted by molar-refractivity contribution is 6.04. The second-order valence-electron chi connectivity index (χ2n) is 9.78. The van der Waals surface area contributed by atoms with Crippen LogP contribution in [0.3, 0.4) is 0 Å². The molecule has 3 fully saturated rings. The van der Waals surface area contributed by atoms with Crippen molar-refractivity contribution >= 4 is 17.8 Å². The fraction of sp³-hybridized carbons (Fsp3) is 0.654. The van der Waals surface area contributed by atoms with E-state index in [4.69, 9.17) is 9.47 Å². The van der Waals surface area contributed by atoms with Crippen molar-refractivity contribution in [3.8, 4) is 11.5 Å². The van der Waals surface area contributed by atoms with Gasteiger partial charge in [0.25, 0.3) is 5.91 Å². The first-order chi connectivity index (χ1) is 17.0. The van der Waals surface area contributed by atoms with Gasteiger partial charge in [-0.05, 0) is 75.2 Å². The van der Waals surface area contributed by atoms with Gasteiger partial charge >= 0.3 is 6.03 Å². The molecule has 3 atom stereocenters. The van der Waals surface area contributed by atoms with Crippen molar-refractivity contribution < 1.29 is 23.9 Å². The molecule has 0 saturated carbocycles. The molecule has 3 saturated heterocycles. The Bertz CT molecular complexity index is 921. The lowest BCUT2D eigenvalue weighted by Gasteiger charge is -2.44. The number of amides is 4. The van der Waals surface area contributed by atoms with Gasteiger partial charge < -0.3 is 25.0 Å². The quantitative estimate of drug-likeness (QED) is 0.493.